The van der Waals surface area contributed by atoms with Crippen molar-refractivity contribution in [3.63, 3.8) is 0 Å². The largest absolute Gasteiger partial charge is 0.493 e. The van der Waals surface area contributed by atoms with Crippen molar-refractivity contribution in [1.82, 2.24) is 10.3 Å². The molecular formula is C20H20N8O2. The Balaban J connectivity index is 1.82. The molecule has 2 aromatic rings. The lowest BCUT2D eigenvalue weighted by Crippen LogP contribution is -2.32. The number of nitrogens with zero attached hydrogens (tertiary/aromatic N) is 4. The summed E-state index contributed by atoms with van der Waals surface area (Å²) in [7, 11) is 1.58. The van der Waals surface area contributed by atoms with E-state index in [4.69, 9.17) is 26.2 Å². The van der Waals surface area contributed by atoms with E-state index in [1.165, 1.54) is 0 Å². The Morgan fingerprint density at radius 2 is 2.07 bits per heavy atom. The zero-order valence-corrected chi connectivity index (χ0v) is 16.3. The number of guanidine groups is 1. The molecule has 0 bridgehead atoms. The van der Waals surface area contributed by atoms with E-state index in [-0.39, 0.29) is 23.0 Å². The lowest BCUT2D eigenvalue weighted by molar-refractivity contribution is 0.280. The van der Waals surface area contributed by atoms with E-state index in [0.29, 0.717) is 35.4 Å². The molecule has 0 radical (unpaired) electrons. The Bertz CT molecular complexity index is 1110. The second-order valence-corrected chi connectivity index (χ2v) is 7.07. The first-order valence-electron chi connectivity index (χ1n) is 9.35. The van der Waals surface area contributed by atoms with Crippen LogP contribution in [0.25, 0.3) is 0 Å². The Kier molecular flexibility index (Phi) is 4.90. The lowest BCUT2D eigenvalue weighted by atomic mass is 9.95. The molecule has 1 aliphatic carbocycles. The van der Waals surface area contributed by atoms with Crippen molar-refractivity contribution in [1.29, 1.82) is 10.5 Å². The highest BCUT2D eigenvalue weighted by molar-refractivity contribution is 5.98. The van der Waals surface area contributed by atoms with Crippen LogP contribution in [0.4, 0.5) is 17.3 Å². The van der Waals surface area contributed by atoms with Gasteiger partial charge < -0.3 is 26.3 Å². The average molecular weight is 404 g/mol. The van der Waals surface area contributed by atoms with Gasteiger partial charge in [0.05, 0.1) is 19.4 Å². The van der Waals surface area contributed by atoms with Gasteiger partial charge in [0.15, 0.2) is 17.7 Å². The number of pyridine rings is 1. The maximum Gasteiger partial charge on any atom is 0.211 e. The number of fused-ring (bicyclic) bond motifs is 1. The quantitative estimate of drug-likeness (QED) is 0.429. The second-order valence-electron chi connectivity index (χ2n) is 7.07. The number of nitriles is 2. The molecule has 0 saturated heterocycles. The van der Waals surface area contributed by atoms with Gasteiger partial charge in [-0.2, -0.15) is 10.5 Å². The Labute approximate surface area is 173 Å². The Morgan fingerprint density at radius 3 is 2.73 bits per heavy atom. The molecule has 0 spiro atoms. The Hall–Kier alpha value is -4.18. The van der Waals surface area contributed by atoms with Crippen LogP contribution in [0, 0.1) is 28.7 Å². The van der Waals surface area contributed by atoms with Gasteiger partial charge >= 0.3 is 0 Å². The van der Waals surface area contributed by atoms with Gasteiger partial charge in [-0.25, -0.2) is 9.98 Å². The smallest absolute Gasteiger partial charge is 0.211 e. The number of hydrogen-bond donors (Lipinski definition) is 4. The van der Waals surface area contributed by atoms with E-state index < -0.39 is 6.04 Å². The van der Waals surface area contributed by atoms with Crippen molar-refractivity contribution in [3.05, 3.63) is 34.9 Å². The van der Waals surface area contributed by atoms with Gasteiger partial charge in [0.2, 0.25) is 5.96 Å². The number of nitrogens with one attached hydrogen (secondary N) is 2. The van der Waals surface area contributed by atoms with Crippen LogP contribution < -0.4 is 31.6 Å². The summed E-state index contributed by atoms with van der Waals surface area (Å²) in [4.78, 5) is 8.81. The van der Waals surface area contributed by atoms with Gasteiger partial charge in [0.25, 0.3) is 0 Å². The fourth-order valence-corrected chi connectivity index (χ4v) is 3.29. The van der Waals surface area contributed by atoms with E-state index in [9.17, 15) is 5.26 Å². The number of nitrogen functional groups attached to an aromatic ring is 2. The zero-order chi connectivity index (χ0) is 21.3. The van der Waals surface area contributed by atoms with Crippen LogP contribution in [0.15, 0.2) is 23.2 Å². The van der Waals surface area contributed by atoms with Crippen LogP contribution in [-0.2, 0) is 0 Å². The SMILES string of the molecule is COc1ccc(C2N=C(NC#N)Nc3nc(N)c(C#N)c(N)c32)cc1OCC1CC1. The summed E-state index contributed by atoms with van der Waals surface area (Å²) >= 11 is 0. The Morgan fingerprint density at radius 1 is 1.27 bits per heavy atom. The van der Waals surface area contributed by atoms with Crippen LogP contribution >= 0.6 is 0 Å². The third-order valence-corrected chi connectivity index (χ3v) is 5.03. The van der Waals surface area contributed by atoms with Gasteiger partial charge in [-0.15, -0.1) is 0 Å². The normalized spacial score (nSPS) is 16.9. The number of anilines is 3. The summed E-state index contributed by atoms with van der Waals surface area (Å²) in [6.07, 6.45) is 4.16. The van der Waals surface area contributed by atoms with Crippen molar-refractivity contribution in [3.8, 4) is 23.8 Å². The summed E-state index contributed by atoms with van der Waals surface area (Å²) in [6, 6.07) is 6.81. The highest BCUT2D eigenvalue weighted by Crippen LogP contribution is 2.42. The lowest BCUT2D eigenvalue weighted by Gasteiger charge is -2.26. The first kappa shape index (κ1) is 19.2. The van der Waals surface area contributed by atoms with Gasteiger partial charge in [0, 0.05) is 5.56 Å². The summed E-state index contributed by atoms with van der Waals surface area (Å²) in [6.45, 7) is 0.617. The molecule has 1 aromatic heterocycles. The van der Waals surface area contributed by atoms with Crippen LogP contribution in [0.5, 0.6) is 11.5 Å². The molecule has 2 heterocycles. The van der Waals surface area contributed by atoms with Crippen molar-refractivity contribution >= 4 is 23.3 Å². The molecule has 1 aliphatic heterocycles. The molecule has 1 unspecified atom stereocenters. The van der Waals surface area contributed by atoms with Crippen molar-refractivity contribution in [2.45, 2.75) is 18.9 Å². The fourth-order valence-electron chi connectivity index (χ4n) is 3.29. The highest BCUT2D eigenvalue weighted by Gasteiger charge is 2.30. The van der Waals surface area contributed by atoms with Crippen molar-refractivity contribution in [2.24, 2.45) is 10.9 Å². The van der Waals surface area contributed by atoms with Crippen LogP contribution in [0.1, 0.15) is 35.6 Å². The molecule has 10 heteroatoms. The minimum Gasteiger partial charge on any atom is -0.493 e. The number of nitrogens with two attached hydrogens (primary N) is 2. The second kappa shape index (κ2) is 7.68. The van der Waals surface area contributed by atoms with E-state index in [1.807, 2.05) is 24.4 Å². The number of aliphatic imine (C=N–C) groups is 1. The zero-order valence-electron chi connectivity index (χ0n) is 16.3. The molecule has 2 aliphatic rings. The molecule has 1 atom stereocenters. The van der Waals surface area contributed by atoms with Crippen molar-refractivity contribution < 1.29 is 9.47 Å². The third-order valence-electron chi connectivity index (χ3n) is 5.03. The van der Waals surface area contributed by atoms with E-state index in [1.54, 1.807) is 13.2 Å². The molecule has 0 amide bonds. The van der Waals surface area contributed by atoms with Gasteiger partial charge in [-0.1, -0.05) is 6.07 Å². The van der Waals surface area contributed by atoms with Gasteiger partial charge in [-0.3, -0.25) is 5.32 Å². The topological polar surface area (TPSA) is 167 Å². The molecule has 152 valence electrons. The number of methoxy groups -OCH3 is 1. The number of hydrogen-bond acceptors (Lipinski definition) is 10. The molecule has 1 fully saturated rings. The number of rotatable bonds is 5. The summed E-state index contributed by atoms with van der Waals surface area (Å²) < 4.78 is 11.4. The highest BCUT2D eigenvalue weighted by atomic mass is 16.5. The van der Waals surface area contributed by atoms with Crippen molar-refractivity contribution in [2.75, 3.05) is 30.5 Å². The molecule has 6 N–H and O–H groups in total. The first-order valence-corrected chi connectivity index (χ1v) is 9.35. The molecule has 4 rings (SSSR count). The molecule has 10 nitrogen and oxygen atoms in total. The summed E-state index contributed by atoms with van der Waals surface area (Å²) in [5.74, 6) is 2.30. The predicted molar refractivity (Wildman–Crippen MR) is 111 cm³/mol. The van der Waals surface area contributed by atoms with E-state index >= 15 is 0 Å². The third kappa shape index (κ3) is 3.47. The monoisotopic (exact) mass is 404 g/mol. The maximum absolute atomic E-state index is 9.44. The minimum absolute atomic E-state index is 0.00129. The van der Waals surface area contributed by atoms with Crippen LogP contribution in [0.3, 0.4) is 0 Å². The molecule has 30 heavy (non-hydrogen) atoms. The first-order chi connectivity index (χ1) is 14.5. The fraction of sp³-hybridized carbons (Fsp3) is 0.300. The number of benzene rings is 1. The number of ether oxygens (including phenoxy) is 2. The summed E-state index contributed by atoms with van der Waals surface area (Å²) in [5, 5.41) is 23.8. The predicted octanol–water partition coefficient (Wildman–Crippen LogP) is 1.86. The standard InChI is InChI=1S/C20H20N8O2/c1-29-13-5-4-11(6-14(13)30-8-10-2-3-10)17-15-16(23)12(7-21)18(24)27-19(15)28-20(26-17)25-9-22/h4-6,10,17H,2-3,8H2,1H3,(H6,23,24,25,26,27,28). The molecule has 1 aromatic carbocycles. The minimum atomic E-state index is -0.633. The van der Waals surface area contributed by atoms with Crippen LogP contribution in [0.2, 0.25) is 0 Å². The van der Waals surface area contributed by atoms with E-state index in [0.717, 1.165) is 18.4 Å². The number of aromatic nitrogens is 1. The average Bonchev–Trinajstić information content (AvgIpc) is 3.56. The molecular weight excluding hydrogens is 384 g/mol. The summed E-state index contributed by atoms with van der Waals surface area (Å²) in [5.41, 5.74) is 13.7. The van der Waals surface area contributed by atoms with Gasteiger partial charge in [0.1, 0.15) is 29.3 Å². The van der Waals surface area contributed by atoms with Crippen LogP contribution in [-0.4, -0.2) is 24.7 Å². The maximum atomic E-state index is 9.44. The molecule has 1 saturated carbocycles. The van der Waals surface area contributed by atoms with Gasteiger partial charge in [-0.05, 0) is 36.5 Å². The van der Waals surface area contributed by atoms with E-state index in [2.05, 4.69) is 20.6 Å².